The third-order valence-corrected chi connectivity index (χ3v) is 1.60. The van der Waals surface area contributed by atoms with Gasteiger partial charge in [0.15, 0.2) is 0 Å². The smallest absolute Gasteiger partial charge is 0.384 e. The Labute approximate surface area is 83.3 Å². The van der Waals surface area contributed by atoms with Crippen molar-refractivity contribution < 1.29 is 22.7 Å². The predicted molar refractivity (Wildman–Crippen MR) is 45.4 cm³/mol. The SMILES string of the molecule is OCC#Cc1ccc(C(F)(F)F)cc1F. The summed E-state index contributed by atoms with van der Waals surface area (Å²) in [5, 5.41) is 8.33. The molecule has 0 saturated heterocycles. The first kappa shape index (κ1) is 11.5. The van der Waals surface area contributed by atoms with Crippen molar-refractivity contribution in [3.05, 3.63) is 35.1 Å². The fourth-order valence-corrected chi connectivity index (χ4v) is 0.928. The van der Waals surface area contributed by atoms with Crippen molar-refractivity contribution in [2.75, 3.05) is 6.61 Å². The Kier molecular flexibility index (Phi) is 3.32. The Morgan fingerprint density at radius 3 is 2.40 bits per heavy atom. The lowest BCUT2D eigenvalue weighted by atomic mass is 10.1. The van der Waals surface area contributed by atoms with Gasteiger partial charge in [0.1, 0.15) is 12.4 Å². The zero-order chi connectivity index (χ0) is 11.5. The molecular weight excluding hydrogens is 212 g/mol. The van der Waals surface area contributed by atoms with Crippen molar-refractivity contribution >= 4 is 0 Å². The van der Waals surface area contributed by atoms with E-state index in [4.69, 9.17) is 5.11 Å². The molecule has 0 aliphatic heterocycles. The van der Waals surface area contributed by atoms with Crippen molar-refractivity contribution in [2.45, 2.75) is 6.18 Å². The zero-order valence-electron chi connectivity index (χ0n) is 7.40. The fraction of sp³-hybridized carbons (Fsp3) is 0.200. The van der Waals surface area contributed by atoms with Crippen molar-refractivity contribution in [2.24, 2.45) is 0 Å². The third-order valence-electron chi connectivity index (χ3n) is 1.60. The van der Waals surface area contributed by atoms with Gasteiger partial charge in [0.25, 0.3) is 0 Å². The van der Waals surface area contributed by atoms with E-state index in [0.717, 1.165) is 12.1 Å². The van der Waals surface area contributed by atoms with Crippen LogP contribution in [0.5, 0.6) is 0 Å². The minimum Gasteiger partial charge on any atom is -0.384 e. The highest BCUT2D eigenvalue weighted by Crippen LogP contribution is 2.29. The molecule has 0 bridgehead atoms. The van der Waals surface area contributed by atoms with E-state index in [1.165, 1.54) is 0 Å². The van der Waals surface area contributed by atoms with Gasteiger partial charge in [-0.05, 0) is 18.2 Å². The molecule has 0 fully saturated rings. The van der Waals surface area contributed by atoms with Gasteiger partial charge in [0.2, 0.25) is 0 Å². The Morgan fingerprint density at radius 2 is 1.93 bits per heavy atom. The number of aliphatic hydroxyl groups is 1. The Bertz CT molecular complexity index is 412. The zero-order valence-corrected chi connectivity index (χ0v) is 7.40. The number of halogens is 4. The second kappa shape index (κ2) is 4.32. The second-order valence-electron chi connectivity index (χ2n) is 2.65. The van der Waals surface area contributed by atoms with Gasteiger partial charge in [0.05, 0.1) is 11.1 Å². The molecule has 1 nitrogen and oxygen atoms in total. The highest BCUT2D eigenvalue weighted by Gasteiger charge is 2.30. The van der Waals surface area contributed by atoms with Crippen LogP contribution in [0.3, 0.4) is 0 Å². The Balaban J connectivity index is 3.09. The van der Waals surface area contributed by atoms with E-state index in [-0.39, 0.29) is 5.56 Å². The van der Waals surface area contributed by atoms with Crippen LogP contribution in [0.2, 0.25) is 0 Å². The maximum atomic E-state index is 13.0. The molecule has 80 valence electrons. The molecule has 0 aromatic heterocycles. The number of hydrogen-bond donors (Lipinski definition) is 1. The van der Waals surface area contributed by atoms with E-state index < -0.39 is 24.2 Å². The average Bonchev–Trinajstić information content (AvgIpc) is 2.14. The van der Waals surface area contributed by atoms with Crippen LogP contribution in [0, 0.1) is 17.7 Å². The lowest BCUT2D eigenvalue weighted by Crippen LogP contribution is -2.05. The summed E-state index contributed by atoms with van der Waals surface area (Å²) in [5.41, 5.74) is -1.23. The Morgan fingerprint density at radius 1 is 1.27 bits per heavy atom. The van der Waals surface area contributed by atoms with E-state index in [1.807, 2.05) is 0 Å². The summed E-state index contributed by atoms with van der Waals surface area (Å²) in [4.78, 5) is 0. The second-order valence-corrected chi connectivity index (χ2v) is 2.65. The number of alkyl halides is 3. The monoisotopic (exact) mass is 218 g/mol. The summed E-state index contributed by atoms with van der Waals surface area (Å²) in [6, 6.07) is 2.05. The summed E-state index contributed by atoms with van der Waals surface area (Å²) in [6.45, 7) is -0.472. The molecule has 0 atom stereocenters. The van der Waals surface area contributed by atoms with Crippen molar-refractivity contribution in [3.8, 4) is 11.8 Å². The highest BCUT2D eigenvalue weighted by molar-refractivity contribution is 5.38. The molecular formula is C10H6F4O. The molecule has 0 unspecified atom stereocenters. The molecule has 0 aliphatic carbocycles. The molecule has 1 aromatic carbocycles. The van der Waals surface area contributed by atoms with Crippen LogP contribution in [-0.4, -0.2) is 11.7 Å². The molecule has 1 aromatic rings. The summed E-state index contributed by atoms with van der Waals surface area (Å²) >= 11 is 0. The van der Waals surface area contributed by atoms with Gasteiger partial charge < -0.3 is 5.11 Å². The molecule has 15 heavy (non-hydrogen) atoms. The van der Waals surface area contributed by atoms with E-state index >= 15 is 0 Å². The summed E-state index contributed by atoms with van der Waals surface area (Å²) in [5.74, 6) is 3.30. The van der Waals surface area contributed by atoms with Crippen LogP contribution < -0.4 is 0 Å². The van der Waals surface area contributed by atoms with Gasteiger partial charge in [-0.15, -0.1) is 0 Å². The maximum Gasteiger partial charge on any atom is 0.416 e. The van der Waals surface area contributed by atoms with Crippen LogP contribution >= 0.6 is 0 Å². The van der Waals surface area contributed by atoms with Gasteiger partial charge in [-0.2, -0.15) is 13.2 Å². The fourth-order valence-electron chi connectivity index (χ4n) is 0.928. The van der Waals surface area contributed by atoms with Crippen LogP contribution in [0.25, 0.3) is 0 Å². The van der Waals surface area contributed by atoms with Gasteiger partial charge in [-0.25, -0.2) is 4.39 Å². The van der Waals surface area contributed by atoms with Crippen molar-refractivity contribution in [1.29, 1.82) is 0 Å². The first-order valence-corrected chi connectivity index (χ1v) is 3.91. The lowest BCUT2D eigenvalue weighted by molar-refractivity contribution is -0.137. The summed E-state index contributed by atoms with van der Waals surface area (Å²) in [6.07, 6.45) is -4.57. The van der Waals surface area contributed by atoms with Crippen molar-refractivity contribution in [3.63, 3.8) is 0 Å². The number of aliphatic hydroxyl groups excluding tert-OH is 1. The number of hydrogen-bond acceptors (Lipinski definition) is 1. The van der Waals surface area contributed by atoms with E-state index in [0.29, 0.717) is 6.07 Å². The molecule has 5 heteroatoms. The maximum absolute atomic E-state index is 13.0. The standard InChI is InChI=1S/C10H6F4O/c11-9-6-8(10(12,13)14)4-3-7(9)2-1-5-15/h3-4,6,15H,5H2. The first-order valence-electron chi connectivity index (χ1n) is 3.91. The molecule has 0 aliphatic rings. The van der Waals surface area contributed by atoms with E-state index in [1.54, 1.807) is 0 Å². The van der Waals surface area contributed by atoms with Crippen LogP contribution in [0.15, 0.2) is 18.2 Å². The number of rotatable bonds is 0. The van der Waals surface area contributed by atoms with Crippen LogP contribution in [-0.2, 0) is 6.18 Å². The average molecular weight is 218 g/mol. The van der Waals surface area contributed by atoms with Gasteiger partial charge in [-0.1, -0.05) is 11.8 Å². The van der Waals surface area contributed by atoms with Crippen LogP contribution in [0.4, 0.5) is 17.6 Å². The molecule has 1 N–H and O–H groups in total. The quantitative estimate of drug-likeness (QED) is 0.522. The van der Waals surface area contributed by atoms with E-state index in [9.17, 15) is 17.6 Å². The van der Waals surface area contributed by atoms with Crippen LogP contribution in [0.1, 0.15) is 11.1 Å². The lowest BCUT2D eigenvalue weighted by Gasteiger charge is -2.06. The number of benzene rings is 1. The van der Waals surface area contributed by atoms with Gasteiger partial charge >= 0.3 is 6.18 Å². The molecule has 1 rings (SSSR count). The molecule has 0 saturated carbocycles. The van der Waals surface area contributed by atoms with E-state index in [2.05, 4.69) is 11.8 Å². The van der Waals surface area contributed by atoms with Crippen molar-refractivity contribution in [1.82, 2.24) is 0 Å². The summed E-state index contributed by atoms with van der Waals surface area (Å²) < 4.78 is 49.3. The topological polar surface area (TPSA) is 20.2 Å². The van der Waals surface area contributed by atoms with Gasteiger partial charge in [-0.3, -0.25) is 0 Å². The highest BCUT2D eigenvalue weighted by atomic mass is 19.4. The van der Waals surface area contributed by atoms with Gasteiger partial charge in [0, 0.05) is 0 Å². The minimum absolute atomic E-state index is 0.169. The first-order chi connectivity index (χ1) is 6.95. The third kappa shape index (κ3) is 2.96. The Hall–Kier alpha value is -1.54. The summed E-state index contributed by atoms with van der Waals surface area (Å²) in [7, 11) is 0. The molecule has 0 radical (unpaired) electrons. The largest absolute Gasteiger partial charge is 0.416 e. The normalized spacial score (nSPS) is 10.7. The molecule has 0 amide bonds. The minimum atomic E-state index is -4.57. The molecule has 0 heterocycles. The molecule has 0 spiro atoms. The predicted octanol–water partition coefficient (Wildman–Crippen LogP) is 2.19.